The SMILES string of the molecule is CC(c1ccccc1Cl)N(C)CC=O. The molecule has 1 rings (SSSR count). The van der Waals surface area contributed by atoms with Gasteiger partial charge in [0.05, 0.1) is 6.54 Å². The Morgan fingerprint density at radius 3 is 2.71 bits per heavy atom. The van der Waals surface area contributed by atoms with Crippen LogP contribution >= 0.6 is 11.6 Å². The van der Waals surface area contributed by atoms with Gasteiger partial charge in [0, 0.05) is 11.1 Å². The highest BCUT2D eigenvalue weighted by atomic mass is 35.5. The van der Waals surface area contributed by atoms with Crippen LogP contribution in [-0.4, -0.2) is 24.8 Å². The van der Waals surface area contributed by atoms with Crippen LogP contribution in [0.1, 0.15) is 18.5 Å². The van der Waals surface area contributed by atoms with E-state index in [1.807, 2.05) is 43.1 Å². The highest BCUT2D eigenvalue weighted by molar-refractivity contribution is 6.31. The number of carbonyl (C=O) groups excluding carboxylic acids is 1. The van der Waals surface area contributed by atoms with Crippen molar-refractivity contribution in [2.75, 3.05) is 13.6 Å². The van der Waals surface area contributed by atoms with Gasteiger partial charge in [0.25, 0.3) is 0 Å². The molecule has 1 aromatic carbocycles. The van der Waals surface area contributed by atoms with E-state index in [2.05, 4.69) is 0 Å². The second-order valence-corrected chi connectivity index (χ2v) is 3.71. The Kier molecular flexibility index (Phi) is 4.11. The van der Waals surface area contributed by atoms with Crippen LogP contribution in [0.5, 0.6) is 0 Å². The number of rotatable bonds is 4. The fraction of sp³-hybridized carbons (Fsp3) is 0.364. The number of likely N-dealkylation sites (N-methyl/N-ethyl adjacent to an activating group) is 1. The predicted octanol–water partition coefficient (Wildman–Crippen LogP) is 2.53. The predicted molar refractivity (Wildman–Crippen MR) is 58.6 cm³/mol. The molecule has 76 valence electrons. The average Bonchev–Trinajstić information content (AvgIpc) is 2.18. The van der Waals surface area contributed by atoms with Crippen molar-refractivity contribution < 1.29 is 4.79 Å². The molecule has 0 N–H and O–H groups in total. The van der Waals surface area contributed by atoms with Gasteiger partial charge in [-0.1, -0.05) is 29.8 Å². The lowest BCUT2D eigenvalue weighted by Crippen LogP contribution is -2.24. The van der Waals surface area contributed by atoms with Gasteiger partial charge in [-0.2, -0.15) is 0 Å². The maximum atomic E-state index is 10.4. The molecular formula is C11H14ClNO. The van der Waals surface area contributed by atoms with Crippen LogP contribution in [0.4, 0.5) is 0 Å². The number of aldehydes is 1. The van der Waals surface area contributed by atoms with Gasteiger partial charge in [0.2, 0.25) is 0 Å². The molecule has 0 amide bonds. The van der Waals surface area contributed by atoms with Gasteiger partial charge in [-0.3, -0.25) is 4.90 Å². The first-order valence-corrected chi connectivity index (χ1v) is 4.93. The van der Waals surface area contributed by atoms with E-state index in [0.29, 0.717) is 6.54 Å². The van der Waals surface area contributed by atoms with E-state index in [1.54, 1.807) is 0 Å². The average molecular weight is 212 g/mol. The van der Waals surface area contributed by atoms with E-state index >= 15 is 0 Å². The number of halogens is 1. The Hall–Kier alpha value is -0.860. The minimum atomic E-state index is 0.161. The van der Waals surface area contributed by atoms with Crippen LogP contribution in [0.15, 0.2) is 24.3 Å². The second-order valence-electron chi connectivity index (χ2n) is 3.30. The molecule has 0 saturated heterocycles. The molecule has 0 aliphatic heterocycles. The molecule has 0 saturated carbocycles. The van der Waals surface area contributed by atoms with Gasteiger partial charge < -0.3 is 4.79 Å². The molecule has 0 bridgehead atoms. The maximum Gasteiger partial charge on any atom is 0.133 e. The molecular weight excluding hydrogens is 198 g/mol. The Morgan fingerprint density at radius 1 is 1.50 bits per heavy atom. The van der Waals surface area contributed by atoms with Crippen LogP contribution in [0, 0.1) is 0 Å². The first-order chi connectivity index (χ1) is 6.66. The summed E-state index contributed by atoms with van der Waals surface area (Å²) in [5.41, 5.74) is 1.05. The van der Waals surface area contributed by atoms with Crippen LogP contribution in [0.25, 0.3) is 0 Å². The maximum absolute atomic E-state index is 10.4. The third-order valence-electron chi connectivity index (χ3n) is 2.38. The standard InChI is InChI=1S/C11H14ClNO/c1-9(13(2)7-8-14)10-5-3-4-6-11(10)12/h3-6,8-9H,7H2,1-2H3. The van der Waals surface area contributed by atoms with Gasteiger partial charge in [-0.25, -0.2) is 0 Å². The quantitative estimate of drug-likeness (QED) is 0.714. The van der Waals surface area contributed by atoms with Crippen molar-refractivity contribution in [3.05, 3.63) is 34.9 Å². The Morgan fingerprint density at radius 2 is 2.14 bits per heavy atom. The number of hydrogen-bond acceptors (Lipinski definition) is 2. The van der Waals surface area contributed by atoms with Crippen LogP contribution in [-0.2, 0) is 4.79 Å². The summed E-state index contributed by atoms with van der Waals surface area (Å²) in [5.74, 6) is 0. The smallest absolute Gasteiger partial charge is 0.133 e. The molecule has 14 heavy (non-hydrogen) atoms. The van der Waals surface area contributed by atoms with Crippen molar-refractivity contribution in [3.63, 3.8) is 0 Å². The largest absolute Gasteiger partial charge is 0.302 e. The van der Waals surface area contributed by atoms with Crippen molar-refractivity contribution in [1.82, 2.24) is 4.90 Å². The van der Waals surface area contributed by atoms with E-state index in [-0.39, 0.29) is 6.04 Å². The zero-order chi connectivity index (χ0) is 10.6. The summed E-state index contributed by atoms with van der Waals surface area (Å²) in [6.45, 7) is 2.46. The third kappa shape index (κ3) is 2.56. The third-order valence-corrected chi connectivity index (χ3v) is 2.72. The van der Waals surface area contributed by atoms with E-state index in [1.165, 1.54) is 0 Å². The fourth-order valence-electron chi connectivity index (χ4n) is 1.33. The zero-order valence-corrected chi connectivity index (χ0v) is 9.16. The van der Waals surface area contributed by atoms with E-state index in [0.717, 1.165) is 16.9 Å². The van der Waals surface area contributed by atoms with Gasteiger partial charge in [-0.15, -0.1) is 0 Å². The summed E-state index contributed by atoms with van der Waals surface area (Å²) in [5, 5.41) is 0.748. The molecule has 0 heterocycles. The van der Waals surface area contributed by atoms with Crippen LogP contribution in [0.3, 0.4) is 0 Å². The first kappa shape index (κ1) is 11.2. The van der Waals surface area contributed by atoms with E-state index < -0.39 is 0 Å². The molecule has 1 atom stereocenters. The minimum Gasteiger partial charge on any atom is -0.302 e. The van der Waals surface area contributed by atoms with Gasteiger partial charge in [0.1, 0.15) is 6.29 Å². The molecule has 0 fully saturated rings. The molecule has 1 aromatic rings. The molecule has 0 aliphatic carbocycles. The van der Waals surface area contributed by atoms with Crippen molar-refractivity contribution in [3.8, 4) is 0 Å². The minimum absolute atomic E-state index is 0.161. The summed E-state index contributed by atoms with van der Waals surface area (Å²) in [4.78, 5) is 12.3. The number of carbonyl (C=O) groups is 1. The van der Waals surface area contributed by atoms with E-state index in [4.69, 9.17) is 11.6 Å². The molecule has 0 radical (unpaired) electrons. The summed E-state index contributed by atoms with van der Waals surface area (Å²) in [7, 11) is 1.91. The molecule has 0 spiro atoms. The number of benzene rings is 1. The molecule has 0 aliphatic rings. The summed E-state index contributed by atoms with van der Waals surface area (Å²) in [6, 6.07) is 7.86. The lowest BCUT2D eigenvalue weighted by atomic mass is 10.1. The van der Waals surface area contributed by atoms with Crippen molar-refractivity contribution in [2.45, 2.75) is 13.0 Å². The highest BCUT2D eigenvalue weighted by Gasteiger charge is 2.13. The zero-order valence-electron chi connectivity index (χ0n) is 8.40. The Balaban J connectivity index is 2.83. The van der Waals surface area contributed by atoms with Crippen molar-refractivity contribution in [1.29, 1.82) is 0 Å². The molecule has 1 unspecified atom stereocenters. The Bertz CT molecular complexity index is 314. The number of nitrogens with zero attached hydrogens (tertiary/aromatic N) is 1. The number of hydrogen-bond donors (Lipinski definition) is 0. The van der Waals surface area contributed by atoms with Crippen molar-refractivity contribution >= 4 is 17.9 Å². The summed E-state index contributed by atoms with van der Waals surface area (Å²) in [6.07, 6.45) is 0.896. The monoisotopic (exact) mass is 211 g/mol. The fourth-order valence-corrected chi connectivity index (χ4v) is 1.62. The molecule has 2 nitrogen and oxygen atoms in total. The van der Waals surface area contributed by atoms with Crippen LogP contribution in [0.2, 0.25) is 5.02 Å². The topological polar surface area (TPSA) is 20.3 Å². The lowest BCUT2D eigenvalue weighted by molar-refractivity contribution is -0.109. The second kappa shape index (κ2) is 5.13. The summed E-state index contributed by atoms with van der Waals surface area (Å²) < 4.78 is 0. The van der Waals surface area contributed by atoms with Gasteiger partial charge >= 0.3 is 0 Å². The normalized spacial score (nSPS) is 12.9. The molecule has 3 heteroatoms. The highest BCUT2D eigenvalue weighted by Crippen LogP contribution is 2.25. The summed E-state index contributed by atoms with van der Waals surface area (Å²) >= 11 is 6.05. The van der Waals surface area contributed by atoms with Gasteiger partial charge in [0.15, 0.2) is 0 Å². The lowest BCUT2D eigenvalue weighted by Gasteiger charge is -2.23. The first-order valence-electron chi connectivity index (χ1n) is 4.55. The van der Waals surface area contributed by atoms with Gasteiger partial charge in [-0.05, 0) is 25.6 Å². The Labute approximate surface area is 89.5 Å². The molecule has 0 aromatic heterocycles. The van der Waals surface area contributed by atoms with Crippen LogP contribution < -0.4 is 0 Å². The van der Waals surface area contributed by atoms with Crippen molar-refractivity contribution in [2.24, 2.45) is 0 Å². The van der Waals surface area contributed by atoms with E-state index in [9.17, 15) is 4.79 Å².